The van der Waals surface area contributed by atoms with Crippen molar-refractivity contribution < 1.29 is 4.79 Å². The lowest BCUT2D eigenvalue weighted by atomic mass is 10.3. The molecule has 1 saturated carbocycles. The Morgan fingerprint density at radius 1 is 1.40 bits per heavy atom. The molecule has 1 aliphatic heterocycles. The van der Waals surface area contributed by atoms with Gasteiger partial charge in [0.1, 0.15) is 11.6 Å². The minimum atomic E-state index is -0.129. The number of anilines is 1. The number of nitrogens with one attached hydrogen (secondary N) is 2. The Kier molecular flexibility index (Phi) is 3.71. The van der Waals surface area contributed by atoms with Crippen LogP contribution in [0.5, 0.6) is 0 Å². The van der Waals surface area contributed by atoms with Crippen LogP contribution in [-0.2, 0) is 4.79 Å². The van der Waals surface area contributed by atoms with Crippen molar-refractivity contribution in [1.82, 2.24) is 14.9 Å². The van der Waals surface area contributed by atoms with E-state index in [1.54, 1.807) is 0 Å². The zero-order valence-electron chi connectivity index (χ0n) is 11.5. The van der Waals surface area contributed by atoms with Crippen molar-refractivity contribution in [3.63, 3.8) is 0 Å². The molecule has 1 aliphatic carbocycles. The highest BCUT2D eigenvalue weighted by atomic mass is 16.2. The summed E-state index contributed by atoms with van der Waals surface area (Å²) in [5.74, 6) is 1.94. The van der Waals surface area contributed by atoms with Gasteiger partial charge in [-0.15, -0.1) is 0 Å². The normalized spacial score (nSPS) is 18.3. The summed E-state index contributed by atoms with van der Waals surface area (Å²) in [5, 5.41) is 3.08. The van der Waals surface area contributed by atoms with Gasteiger partial charge in [0.15, 0.2) is 0 Å². The number of likely N-dealkylation sites (tertiary alicyclic amines) is 1. The fraction of sp³-hybridized carbons (Fsp3) is 0.643. The first-order valence-corrected chi connectivity index (χ1v) is 7.35. The van der Waals surface area contributed by atoms with Gasteiger partial charge in [-0.25, -0.2) is 4.98 Å². The van der Waals surface area contributed by atoms with Crippen molar-refractivity contribution >= 4 is 11.7 Å². The van der Waals surface area contributed by atoms with E-state index in [0.717, 1.165) is 44.6 Å². The number of carbonyl (C=O) groups is 1. The molecule has 1 aromatic heterocycles. The Hall–Kier alpha value is -1.85. The molecule has 2 aliphatic rings. The first-order chi connectivity index (χ1) is 9.72. The van der Waals surface area contributed by atoms with Crippen molar-refractivity contribution in [2.24, 2.45) is 0 Å². The highest BCUT2D eigenvalue weighted by Gasteiger charge is 2.26. The minimum Gasteiger partial charge on any atom is -0.369 e. The molecule has 3 rings (SSSR count). The fourth-order valence-electron chi connectivity index (χ4n) is 2.54. The van der Waals surface area contributed by atoms with Crippen LogP contribution in [0.15, 0.2) is 10.9 Å². The maximum Gasteiger partial charge on any atom is 0.252 e. The number of hydrogen-bond donors (Lipinski definition) is 2. The Labute approximate surface area is 117 Å². The molecular weight excluding hydrogens is 256 g/mol. The molecule has 2 N–H and O–H groups in total. The van der Waals surface area contributed by atoms with Gasteiger partial charge in [0.25, 0.3) is 5.56 Å². The van der Waals surface area contributed by atoms with E-state index in [2.05, 4.69) is 15.3 Å². The highest BCUT2D eigenvalue weighted by Crippen LogP contribution is 2.37. The number of amides is 1. The zero-order valence-corrected chi connectivity index (χ0v) is 11.5. The van der Waals surface area contributed by atoms with E-state index in [9.17, 15) is 9.59 Å². The van der Waals surface area contributed by atoms with E-state index in [4.69, 9.17) is 0 Å². The van der Waals surface area contributed by atoms with E-state index >= 15 is 0 Å². The Balaban J connectivity index is 1.52. The third-order valence-electron chi connectivity index (χ3n) is 3.83. The predicted octanol–water partition coefficient (Wildman–Crippen LogP) is 1.07. The lowest BCUT2D eigenvalue weighted by Gasteiger charge is -2.15. The van der Waals surface area contributed by atoms with Crippen LogP contribution in [0.3, 0.4) is 0 Å². The second-order valence-corrected chi connectivity index (χ2v) is 5.55. The predicted molar refractivity (Wildman–Crippen MR) is 75.8 cm³/mol. The van der Waals surface area contributed by atoms with Gasteiger partial charge in [0.2, 0.25) is 5.91 Å². The minimum absolute atomic E-state index is 0.129. The van der Waals surface area contributed by atoms with Crippen LogP contribution in [0.2, 0.25) is 0 Å². The van der Waals surface area contributed by atoms with Crippen LogP contribution < -0.4 is 10.9 Å². The first-order valence-electron chi connectivity index (χ1n) is 7.35. The maximum atomic E-state index is 11.9. The van der Waals surface area contributed by atoms with E-state index in [0.29, 0.717) is 24.7 Å². The highest BCUT2D eigenvalue weighted by molar-refractivity contribution is 5.76. The largest absolute Gasteiger partial charge is 0.369 e. The van der Waals surface area contributed by atoms with E-state index in [1.807, 2.05) is 4.90 Å². The van der Waals surface area contributed by atoms with Gasteiger partial charge >= 0.3 is 0 Å². The summed E-state index contributed by atoms with van der Waals surface area (Å²) in [7, 11) is 0. The molecule has 6 heteroatoms. The Bertz CT molecular complexity index is 544. The lowest BCUT2D eigenvalue weighted by molar-refractivity contribution is -0.129. The molecule has 1 saturated heterocycles. The number of rotatable bonds is 5. The van der Waals surface area contributed by atoms with Gasteiger partial charge in [-0.05, 0) is 25.7 Å². The topological polar surface area (TPSA) is 78.1 Å². The van der Waals surface area contributed by atoms with Gasteiger partial charge < -0.3 is 15.2 Å². The lowest BCUT2D eigenvalue weighted by Crippen LogP contribution is -2.29. The standard InChI is InChI=1S/C14H20N4O2/c19-12-9-11(16-14(17-12)10-3-4-10)15-6-5-13(20)18-7-1-2-8-18/h9-10H,1-8H2,(H2,15,16,17,19). The second kappa shape index (κ2) is 5.64. The molecule has 0 radical (unpaired) electrons. The van der Waals surface area contributed by atoms with Crippen LogP contribution in [0, 0.1) is 0 Å². The van der Waals surface area contributed by atoms with Crippen molar-refractivity contribution in [1.29, 1.82) is 0 Å². The quantitative estimate of drug-likeness (QED) is 0.843. The van der Waals surface area contributed by atoms with Crippen LogP contribution in [0.4, 0.5) is 5.82 Å². The summed E-state index contributed by atoms with van der Waals surface area (Å²) in [5.41, 5.74) is -0.129. The molecule has 0 aromatic carbocycles. The maximum absolute atomic E-state index is 11.9. The number of nitrogens with zero attached hydrogens (tertiary/aromatic N) is 2. The van der Waals surface area contributed by atoms with E-state index in [-0.39, 0.29) is 11.5 Å². The van der Waals surface area contributed by atoms with Crippen LogP contribution in [0.1, 0.15) is 43.8 Å². The number of aromatic nitrogens is 2. The van der Waals surface area contributed by atoms with Crippen molar-refractivity contribution in [3.8, 4) is 0 Å². The van der Waals surface area contributed by atoms with E-state index < -0.39 is 0 Å². The van der Waals surface area contributed by atoms with Gasteiger partial charge in [0, 0.05) is 38.0 Å². The average Bonchev–Trinajstić information content (AvgIpc) is 3.13. The molecule has 2 fully saturated rings. The molecule has 2 heterocycles. The first kappa shape index (κ1) is 13.1. The van der Waals surface area contributed by atoms with Crippen molar-refractivity contribution in [3.05, 3.63) is 22.2 Å². The van der Waals surface area contributed by atoms with Crippen LogP contribution in [-0.4, -0.2) is 40.4 Å². The molecule has 108 valence electrons. The number of H-pyrrole nitrogens is 1. The van der Waals surface area contributed by atoms with Crippen LogP contribution in [0.25, 0.3) is 0 Å². The van der Waals surface area contributed by atoms with Gasteiger partial charge in [-0.1, -0.05) is 0 Å². The Morgan fingerprint density at radius 2 is 2.15 bits per heavy atom. The molecular formula is C14H20N4O2. The molecule has 0 unspecified atom stereocenters. The Morgan fingerprint density at radius 3 is 2.85 bits per heavy atom. The van der Waals surface area contributed by atoms with Crippen molar-refractivity contribution in [2.75, 3.05) is 25.0 Å². The SMILES string of the molecule is O=C(CCNc1cc(=O)[nH]c(C2CC2)n1)N1CCCC1. The smallest absolute Gasteiger partial charge is 0.252 e. The molecule has 0 spiro atoms. The molecule has 1 amide bonds. The molecule has 0 bridgehead atoms. The molecule has 20 heavy (non-hydrogen) atoms. The third kappa shape index (κ3) is 3.18. The summed E-state index contributed by atoms with van der Waals surface area (Å²) < 4.78 is 0. The number of carbonyl (C=O) groups excluding carboxylic acids is 1. The number of aromatic amines is 1. The monoisotopic (exact) mass is 276 g/mol. The van der Waals surface area contributed by atoms with Crippen LogP contribution >= 0.6 is 0 Å². The fourth-order valence-corrected chi connectivity index (χ4v) is 2.54. The summed E-state index contributed by atoms with van der Waals surface area (Å²) in [6, 6.07) is 1.45. The molecule has 0 atom stereocenters. The summed E-state index contributed by atoms with van der Waals surface area (Å²) in [6.07, 6.45) is 4.87. The van der Waals surface area contributed by atoms with E-state index in [1.165, 1.54) is 6.07 Å². The van der Waals surface area contributed by atoms with Gasteiger partial charge in [-0.3, -0.25) is 9.59 Å². The summed E-state index contributed by atoms with van der Waals surface area (Å²) in [4.78, 5) is 32.5. The summed E-state index contributed by atoms with van der Waals surface area (Å²) >= 11 is 0. The molecule has 6 nitrogen and oxygen atoms in total. The van der Waals surface area contributed by atoms with Gasteiger partial charge in [-0.2, -0.15) is 0 Å². The molecule has 1 aromatic rings. The average molecular weight is 276 g/mol. The zero-order chi connectivity index (χ0) is 13.9. The van der Waals surface area contributed by atoms with Crippen molar-refractivity contribution in [2.45, 2.75) is 38.0 Å². The third-order valence-corrected chi connectivity index (χ3v) is 3.83. The summed E-state index contributed by atoms with van der Waals surface area (Å²) in [6.45, 7) is 2.29. The number of hydrogen-bond acceptors (Lipinski definition) is 4. The second-order valence-electron chi connectivity index (χ2n) is 5.55. The van der Waals surface area contributed by atoms with Gasteiger partial charge in [0.05, 0.1) is 0 Å².